The zero-order chi connectivity index (χ0) is 17.5. The molecule has 0 radical (unpaired) electrons. The standard InChI is InChI=1S/C16H19N3O4S/c1-19-9-13(11-5-6-18-8-12(11)16(19)20)10-3-4-14(23-2)15(7-10)24(17,21)22/h3-8,13,21-22H,9,17H2,1-2H3. The fourth-order valence-corrected chi connectivity index (χ4v) is 3.74. The summed E-state index contributed by atoms with van der Waals surface area (Å²) in [5, 5.41) is 5.52. The third-order valence-corrected chi connectivity index (χ3v) is 5.14. The summed E-state index contributed by atoms with van der Waals surface area (Å²) < 4.78 is 24.9. The SMILES string of the molecule is COc1ccc(C2CN(C)C(=O)c3cnccc32)cc1S(N)(O)O. The summed E-state index contributed by atoms with van der Waals surface area (Å²) in [6.45, 7) is 0.478. The molecule has 0 saturated carbocycles. The van der Waals surface area contributed by atoms with Gasteiger partial charge in [0.1, 0.15) is 10.6 Å². The molecule has 8 heteroatoms. The van der Waals surface area contributed by atoms with Crippen LogP contribution in [0.25, 0.3) is 0 Å². The van der Waals surface area contributed by atoms with Crippen LogP contribution in [0.15, 0.2) is 41.6 Å². The summed E-state index contributed by atoms with van der Waals surface area (Å²) in [6.07, 6.45) is 3.20. The lowest BCUT2D eigenvalue weighted by molar-refractivity contribution is 0.0771. The van der Waals surface area contributed by atoms with Crippen LogP contribution in [0.2, 0.25) is 0 Å². The van der Waals surface area contributed by atoms with Gasteiger partial charge >= 0.3 is 0 Å². The molecule has 24 heavy (non-hydrogen) atoms. The van der Waals surface area contributed by atoms with Crippen LogP contribution in [0.1, 0.15) is 27.4 Å². The molecule has 0 bridgehead atoms. The number of methoxy groups -OCH3 is 1. The van der Waals surface area contributed by atoms with E-state index in [1.54, 1.807) is 36.5 Å². The molecule has 2 aromatic rings. The van der Waals surface area contributed by atoms with Gasteiger partial charge in [-0.15, -0.1) is 10.8 Å². The van der Waals surface area contributed by atoms with Crippen LogP contribution in [0.4, 0.5) is 0 Å². The molecule has 0 fully saturated rings. The molecule has 1 aromatic heterocycles. The van der Waals surface area contributed by atoms with Crippen molar-refractivity contribution in [3.8, 4) is 5.75 Å². The van der Waals surface area contributed by atoms with Gasteiger partial charge in [-0.05, 0) is 29.3 Å². The molecule has 1 amide bonds. The fraction of sp³-hybridized carbons (Fsp3) is 0.250. The van der Waals surface area contributed by atoms with Crippen LogP contribution in [-0.4, -0.2) is 45.6 Å². The average Bonchev–Trinajstić information content (AvgIpc) is 2.57. The van der Waals surface area contributed by atoms with Crippen LogP contribution in [0.5, 0.6) is 5.75 Å². The lowest BCUT2D eigenvalue weighted by Gasteiger charge is -2.33. The van der Waals surface area contributed by atoms with E-state index in [-0.39, 0.29) is 16.7 Å². The van der Waals surface area contributed by atoms with E-state index in [2.05, 4.69) is 4.98 Å². The van der Waals surface area contributed by atoms with Gasteiger partial charge in [-0.1, -0.05) is 6.07 Å². The number of fused-ring (bicyclic) bond motifs is 1. The Morgan fingerprint density at radius 3 is 2.79 bits per heavy atom. The van der Waals surface area contributed by atoms with Crippen molar-refractivity contribution in [1.82, 2.24) is 9.88 Å². The second kappa shape index (κ2) is 6.06. The average molecular weight is 349 g/mol. The predicted octanol–water partition coefficient (Wildman–Crippen LogP) is 2.29. The highest BCUT2D eigenvalue weighted by Gasteiger charge is 2.31. The van der Waals surface area contributed by atoms with Crippen molar-refractivity contribution in [3.63, 3.8) is 0 Å². The predicted molar refractivity (Wildman–Crippen MR) is 91.3 cm³/mol. The van der Waals surface area contributed by atoms with E-state index < -0.39 is 10.8 Å². The molecule has 128 valence electrons. The Labute approximate surface area is 141 Å². The topological polar surface area (TPSA) is 109 Å². The maximum absolute atomic E-state index is 12.3. The third-order valence-electron chi connectivity index (χ3n) is 4.18. The monoisotopic (exact) mass is 349 g/mol. The number of ether oxygens (including phenoxy) is 1. The van der Waals surface area contributed by atoms with E-state index in [0.717, 1.165) is 11.1 Å². The summed E-state index contributed by atoms with van der Waals surface area (Å²) in [6, 6.07) is 6.94. The van der Waals surface area contributed by atoms with Gasteiger partial charge in [0.25, 0.3) is 5.91 Å². The number of aromatic nitrogens is 1. The Bertz CT molecular complexity index is 791. The van der Waals surface area contributed by atoms with Gasteiger partial charge in [-0.3, -0.25) is 18.9 Å². The fourth-order valence-electron chi connectivity index (χ4n) is 2.98. The van der Waals surface area contributed by atoms with Crippen LogP contribution in [-0.2, 0) is 0 Å². The Morgan fingerprint density at radius 2 is 2.12 bits per heavy atom. The smallest absolute Gasteiger partial charge is 0.255 e. The van der Waals surface area contributed by atoms with E-state index >= 15 is 0 Å². The molecule has 1 aromatic carbocycles. The number of amides is 1. The molecule has 3 rings (SSSR count). The minimum absolute atomic E-state index is 0.0776. The maximum atomic E-state index is 12.3. The quantitative estimate of drug-likeness (QED) is 0.784. The molecule has 0 saturated heterocycles. The van der Waals surface area contributed by atoms with Gasteiger partial charge in [0.05, 0.1) is 12.7 Å². The number of rotatable bonds is 3. The second-order valence-electron chi connectivity index (χ2n) is 5.70. The molecule has 2 heterocycles. The normalized spacial score (nSPS) is 18.3. The van der Waals surface area contributed by atoms with E-state index in [1.165, 1.54) is 7.11 Å². The number of nitrogens with two attached hydrogens (primary N) is 1. The van der Waals surface area contributed by atoms with Crippen LogP contribution < -0.4 is 9.88 Å². The van der Waals surface area contributed by atoms with Gasteiger partial charge in [-0.25, -0.2) is 5.14 Å². The summed E-state index contributed by atoms with van der Waals surface area (Å²) in [5.74, 6) is 0.125. The molecule has 4 N–H and O–H groups in total. The molecule has 0 aliphatic carbocycles. The lowest BCUT2D eigenvalue weighted by Crippen LogP contribution is -2.37. The minimum Gasteiger partial charge on any atom is -0.495 e. The zero-order valence-electron chi connectivity index (χ0n) is 13.3. The number of carbonyl (C=O) groups excluding carboxylic acids is 1. The van der Waals surface area contributed by atoms with Gasteiger partial charge in [0, 0.05) is 31.9 Å². The highest BCUT2D eigenvalue weighted by Crippen LogP contribution is 2.47. The maximum Gasteiger partial charge on any atom is 0.255 e. The summed E-state index contributed by atoms with van der Waals surface area (Å²) in [4.78, 5) is 18.1. The van der Waals surface area contributed by atoms with E-state index in [1.807, 2.05) is 12.1 Å². The van der Waals surface area contributed by atoms with Crippen LogP contribution >= 0.6 is 10.8 Å². The first-order chi connectivity index (χ1) is 11.3. The van der Waals surface area contributed by atoms with E-state index in [9.17, 15) is 13.9 Å². The van der Waals surface area contributed by atoms with Crippen LogP contribution in [0.3, 0.4) is 0 Å². The van der Waals surface area contributed by atoms with Crippen molar-refractivity contribution in [3.05, 3.63) is 53.3 Å². The molecule has 1 aliphatic rings. The first kappa shape index (κ1) is 16.7. The number of hydrogen-bond donors (Lipinski definition) is 3. The number of likely N-dealkylation sites (N-methyl/N-ethyl adjacent to an activating group) is 1. The molecule has 0 spiro atoms. The largest absolute Gasteiger partial charge is 0.495 e. The molecule has 1 aliphatic heterocycles. The van der Waals surface area contributed by atoms with Gasteiger partial charge in [0.2, 0.25) is 0 Å². The Hall–Kier alpha value is -2.13. The van der Waals surface area contributed by atoms with Crippen molar-refractivity contribution < 1.29 is 18.6 Å². The van der Waals surface area contributed by atoms with E-state index in [4.69, 9.17) is 9.88 Å². The minimum atomic E-state index is -3.43. The summed E-state index contributed by atoms with van der Waals surface area (Å²) in [7, 11) is -0.256. The number of hydrogen-bond acceptors (Lipinski definition) is 6. The highest BCUT2D eigenvalue weighted by atomic mass is 32.3. The van der Waals surface area contributed by atoms with Crippen molar-refractivity contribution in [2.24, 2.45) is 5.14 Å². The Morgan fingerprint density at radius 1 is 1.38 bits per heavy atom. The van der Waals surface area contributed by atoms with Crippen molar-refractivity contribution in [2.45, 2.75) is 10.8 Å². The number of pyridine rings is 1. The first-order valence-corrected chi connectivity index (χ1v) is 8.87. The molecular formula is C16H19N3O4S. The number of nitrogens with zero attached hydrogens (tertiary/aromatic N) is 2. The molecule has 7 nitrogen and oxygen atoms in total. The van der Waals surface area contributed by atoms with E-state index in [0.29, 0.717) is 17.9 Å². The van der Waals surface area contributed by atoms with Crippen LogP contribution in [0, 0.1) is 0 Å². The van der Waals surface area contributed by atoms with Crippen molar-refractivity contribution >= 4 is 16.7 Å². The molecule has 1 unspecified atom stereocenters. The Kier molecular flexibility index (Phi) is 4.22. The molecule has 1 atom stereocenters. The summed E-state index contributed by atoms with van der Waals surface area (Å²) in [5.41, 5.74) is 2.23. The van der Waals surface area contributed by atoms with Crippen molar-refractivity contribution in [2.75, 3.05) is 20.7 Å². The van der Waals surface area contributed by atoms with Gasteiger partial charge in [0.15, 0.2) is 0 Å². The number of benzene rings is 1. The zero-order valence-corrected chi connectivity index (χ0v) is 14.2. The number of carbonyl (C=O) groups is 1. The Balaban J connectivity index is 2.13. The van der Waals surface area contributed by atoms with Crippen molar-refractivity contribution in [1.29, 1.82) is 0 Å². The second-order valence-corrected chi connectivity index (χ2v) is 7.33. The highest BCUT2D eigenvalue weighted by molar-refractivity contribution is 8.22. The first-order valence-electron chi connectivity index (χ1n) is 7.26. The van der Waals surface area contributed by atoms with Gasteiger partial charge in [-0.2, -0.15) is 0 Å². The van der Waals surface area contributed by atoms with Gasteiger partial charge < -0.3 is 9.64 Å². The third kappa shape index (κ3) is 2.84. The molecular weight excluding hydrogens is 330 g/mol. The summed E-state index contributed by atoms with van der Waals surface area (Å²) >= 11 is 0. The lowest BCUT2D eigenvalue weighted by atomic mass is 9.85.